The molecule has 21 heavy (non-hydrogen) atoms. The van der Waals surface area contributed by atoms with Crippen LogP contribution in [0.2, 0.25) is 0 Å². The van der Waals surface area contributed by atoms with Crippen molar-refractivity contribution in [2.45, 2.75) is 77.1 Å². The highest BCUT2D eigenvalue weighted by Crippen LogP contribution is 2.21. The first-order chi connectivity index (χ1) is 9.76. The molecule has 1 rings (SSSR count). The molecular weight excluding hydrogens is 272 g/mol. The van der Waals surface area contributed by atoms with Crippen LogP contribution in [0.4, 0.5) is 4.79 Å². The lowest BCUT2D eigenvalue weighted by molar-refractivity contribution is -0.143. The highest BCUT2D eigenvalue weighted by molar-refractivity contribution is 5.75. The summed E-state index contributed by atoms with van der Waals surface area (Å²) >= 11 is 0. The van der Waals surface area contributed by atoms with E-state index in [1.165, 1.54) is 7.11 Å². The summed E-state index contributed by atoms with van der Waals surface area (Å²) in [4.78, 5) is 23.5. The van der Waals surface area contributed by atoms with E-state index in [1.54, 1.807) is 0 Å². The first-order valence-electron chi connectivity index (χ1n) is 7.60. The van der Waals surface area contributed by atoms with Gasteiger partial charge in [-0.05, 0) is 46.5 Å². The molecule has 6 heteroatoms. The molecule has 3 unspecified atom stereocenters. The number of nitrogens with one attached hydrogen (secondary N) is 2. The van der Waals surface area contributed by atoms with Gasteiger partial charge in [0.15, 0.2) is 0 Å². The molecule has 0 saturated heterocycles. The van der Waals surface area contributed by atoms with Crippen LogP contribution in [0.25, 0.3) is 0 Å². The van der Waals surface area contributed by atoms with Gasteiger partial charge in [-0.3, -0.25) is 10.1 Å². The van der Waals surface area contributed by atoms with Gasteiger partial charge in [-0.2, -0.15) is 0 Å². The fourth-order valence-electron chi connectivity index (χ4n) is 2.54. The molecule has 122 valence electrons. The molecule has 1 aliphatic rings. The smallest absolute Gasteiger partial charge is 0.407 e. The van der Waals surface area contributed by atoms with Gasteiger partial charge in [-0.25, -0.2) is 4.79 Å². The van der Waals surface area contributed by atoms with Crippen LogP contribution in [0, 0.1) is 0 Å². The Balaban J connectivity index is 2.55. The average Bonchev–Trinajstić information content (AvgIpc) is 2.79. The molecule has 0 heterocycles. The molecular formula is C15H28N2O4. The number of hydrogen-bond donors (Lipinski definition) is 2. The summed E-state index contributed by atoms with van der Waals surface area (Å²) in [5.74, 6) is -0.264. The standard InChI is InChI=1S/C15H28N2O4/c1-6-10(13(18)20-5)16-11-8-7-9-12(11)17-14(19)21-15(2,3)4/h10-12,16H,6-9H2,1-5H3,(H,17,19). The van der Waals surface area contributed by atoms with Crippen LogP contribution < -0.4 is 10.6 Å². The molecule has 1 fully saturated rings. The van der Waals surface area contributed by atoms with E-state index in [0.717, 1.165) is 19.3 Å². The predicted molar refractivity (Wildman–Crippen MR) is 80.0 cm³/mol. The van der Waals surface area contributed by atoms with E-state index in [0.29, 0.717) is 6.42 Å². The second-order valence-corrected chi connectivity index (χ2v) is 6.44. The predicted octanol–water partition coefficient (Wildman–Crippen LogP) is 1.97. The van der Waals surface area contributed by atoms with Crippen LogP contribution in [0.1, 0.15) is 53.4 Å². The Morgan fingerprint density at radius 3 is 2.38 bits per heavy atom. The van der Waals surface area contributed by atoms with Crippen molar-refractivity contribution < 1.29 is 19.1 Å². The van der Waals surface area contributed by atoms with Crippen LogP contribution in [-0.4, -0.2) is 42.9 Å². The molecule has 0 radical (unpaired) electrons. The topological polar surface area (TPSA) is 76.7 Å². The molecule has 0 bridgehead atoms. The number of esters is 1. The Hall–Kier alpha value is -1.30. The Morgan fingerprint density at radius 1 is 1.24 bits per heavy atom. The quantitative estimate of drug-likeness (QED) is 0.759. The summed E-state index contributed by atoms with van der Waals surface area (Å²) in [6.07, 6.45) is 3.06. The van der Waals surface area contributed by atoms with Crippen molar-refractivity contribution in [2.24, 2.45) is 0 Å². The minimum atomic E-state index is -0.510. The summed E-state index contributed by atoms with van der Waals surface area (Å²) in [6.45, 7) is 7.43. The average molecular weight is 300 g/mol. The molecule has 1 amide bonds. The van der Waals surface area contributed by atoms with Gasteiger partial charge in [0.1, 0.15) is 11.6 Å². The third-order valence-electron chi connectivity index (χ3n) is 3.53. The minimum Gasteiger partial charge on any atom is -0.468 e. The Bertz CT molecular complexity index is 365. The van der Waals surface area contributed by atoms with Gasteiger partial charge < -0.3 is 14.8 Å². The number of hydrogen-bond acceptors (Lipinski definition) is 5. The van der Waals surface area contributed by atoms with Gasteiger partial charge in [-0.15, -0.1) is 0 Å². The van der Waals surface area contributed by atoms with Crippen molar-refractivity contribution in [3.8, 4) is 0 Å². The summed E-state index contributed by atoms with van der Waals surface area (Å²) < 4.78 is 10.1. The largest absolute Gasteiger partial charge is 0.468 e. The maximum Gasteiger partial charge on any atom is 0.407 e. The van der Waals surface area contributed by atoms with Gasteiger partial charge in [0.05, 0.1) is 7.11 Å². The van der Waals surface area contributed by atoms with Gasteiger partial charge in [-0.1, -0.05) is 6.92 Å². The zero-order chi connectivity index (χ0) is 16.0. The molecule has 1 saturated carbocycles. The molecule has 0 aliphatic heterocycles. The van der Waals surface area contributed by atoms with Crippen LogP contribution in [0.5, 0.6) is 0 Å². The second kappa shape index (κ2) is 7.64. The molecule has 0 aromatic heterocycles. The van der Waals surface area contributed by atoms with Crippen molar-refractivity contribution >= 4 is 12.1 Å². The summed E-state index contributed by atoms with van der Waals surface area (Å²) in [5, 5.41) is 6.19. The van der Waals surface area contributed by atoms with Crippen LogP contribution in [0.15, 0.2) is 0 Å². The number of rotatable bonds is 5. The van der Waals surface area contributed by atoms with Crippen molar-refractivity contribution in [3.63, 3.8) is 0 Å². The molecule has 0 aromatic carbocycles. The fourth-order valence-corrected chi connectivity index (χ4v) is 2.54. The SMILES string of the molecule is CCC(NC1CCCC1NC(=O)OC(C)(C)C)C(=O)OC. The Labute approximate surface area is 126 Å². The van der Waals surface area contributed by atoms with Crippen molar-refractivity contribution in [1.82, 2.24) is 10.6 Å². The zero-order valence-corrected chi connectivity index (χ0v) is 13.7. The van der Waals surface area contributed by atoms with Gasteiger partial charge in [0, 0.05) is 12.1 Å². The monoisotopic (exact) mass is 300 g/mol. The summed E-state index contributed by atoms with van der Waals surface area (Å²) in [6, 6.07) is -0.277. The van der Waals surface area contributed by atoms with Crippen molar-refractivity contribution in [1.29, 1.82) is 0 Å². The number of ether oxygens (including phenoxy) is 2. The van der Waals surface area contributed by atoms with E-state index in [4.69, 9.17) is 9.47 Å². The first-order valence-corrected chi connectivity index (χ1v) is 7.60. The Kier molecular flexibility index (Phi) is 6.45. The number of carbonyl (C=O) groups excluding carboxylic acids is 2. The molecule has 0 aromatic rings. The van der Waals surface area contributed by atoms with Gasteiger partial charge in [0.25, 0.3) is 0 Å². The third kappa shape index (κ3) is 5.91. The highest BCUT2D eigenvalue weighted by atomic mass is 16.6. The van der Waals surface area contributed by atoms with E-state index in [2.05, 4.69) is 10.6 Å². The third-order valence-corrected chi connectivity index (χ3v) is 3.53. The molecule has 6 nitrogen and oxygen atoms in total. The van der Waals surface area contributed by atoms with E-state index >= 15 is 0 Å². The maximum atomic E-state index is 11.9. The van der Waals surface area contributed by atoms with Gasteiger partial charge >= 0.3 is 12.1 Å². The van der Waals surface area contributed by atoms with E-state index in [9.17, 15) is 9.59 Å². The minimum absolute atomic E-state index is 0.0152. The number of methoxy groups -OCH3 is 1. The Morgan fingerprint density at radius 2 is 1.86 bits per heavy atom. The number of alkyl carbamates (subject to hydrolysis) is 1. The van der Waals surface area contributed by atoms with Crippen LogP contribution in [0.3, 0.4) is 0 Å². The van der Waals surface area contributed by atoms with Crippen LogP contribution in [-0.2, 0) is 14.3 Å². The molecule has 1 aliphatic carbocycles. The number of amides is 1. The summed E-state index contributed by atoms with van der Waals surface area (Å²) in [7, 11) is 1.39. The number of carbonyl (C=O) groups is 2. The lowest BCUT2D eigenvalue weighted by Gasteiger charge is -2.27. The highest BCUT2D eigenvalue weighted by Gasteiger charge is 2.32. The molecule has 0 spiro atoms. The van der Waals surface area contributed by atoms with Crippen molar-refractivity contribution in [2.75, 3.05) is 7.11 Å². The van der Waals surface area contributed by atoms with E-state index in [-0.39, 0.29) is 24.1 Å². The lowest BCUT2D eigenvalue weighted by atomic mass is 10.1. The lowest BCUT2D eigenvalue weighted by Crippen LogP contribution is -2.52. The second-order valence-electron chi connectivity index (χ2n) is 6.44. The fraction of sp³-hybridized carbons (Fsp3) is 0.867. The van der Waals surface area contributed by atoms with Crippen molar-refractivity contribution in [3.05, 3.63) is 0 Å². The maximum absolute atomic E-state index is 11.9. The van der Waals surface area contributed by atoms with Gasteiger partial charge in [0.2, 0.25) is 0 Å². The normalized spacial score (nSPS) is 23.5. The summed E-state index contributed by atoms with van der Waals surface area (Å²) in [5.41, 5.74) is -0.510. The first kappa shape index (κ1) is 17.8. The zero-order valence-electron chi connectivity index (χ0n) is 13.7. The van der Waals surface area contributed by atoms with E-state index in [1.807, 2.05) is 27.7 Å². The van der Waals surface area contributed by atoms with E-state index < -0.39 is 11.7 Å². The molecule has 2 N–H and O–H groups in total. The molecule has 3 atom stereocenters. The van der Waals surface area contributed by atoms with Crippen LogP contribution >= 0.6 is 0 Å².